The molecule has 2 aromatic carbocycles. The lowest BCUT2D eigenvalue weighted by Gasteiger charge is -2.12. The third kappa shape index (κ3) is 3.81. The lowest BCUT2D eigenvalue weighted by Crippen LogP contribution is -1.99. The largest absolute Gasteiger partial charge is 0.486 e. The van der Waals surface area contributed by atoms with Crippen LogP contribution >= 0.6 is 23.2 Å². The van der Waals surface area contributed by atoms with E-state index >= 15 is 0 Å². The molecule has 5 aromatic rings. The number of hydrogen-bond acceptors (Lipinski definition) is 4. The lowest BCUT2D eigenvalue weighted by atomic mass is 10.0. The van der Waals surface area contributed by atoms with Crippen LogP contribution in [0, 0.1) is 0 Å². The molecule has 160 valence electrons. The number of halogens is 2. The fourth-order valence-electron chi connectivity index (χ4n) is 3.87. The van der Waals surface area contributed by atoms with Gasteiger partial charge in [0, 0.05) is 42.9 Å². The van der Waals surface area contributed by atoms with Gasteiger partial charge in [-0.15, -0.1) is 0 Å². The molecular formula is C25H20Cl2N4O. The van der Waals surface area contributed by atoms with Crippen molar-refractivity contribution in [1.29, 1.82) is 0 Å². The average Bonchev–Trinajstić information content (AvgIpc) is 3.11. The number of nitrogens with zero attached hydrogens (tertiary/aromatic N) is 4. The zero-order chi connectivity index (χ0) is 22.1. The maximum absolute atomic E-state index is 6.62. The standard InChI is InChI=1S/C25H18Cl2N4O.H2/c1-31-21-8-3-2-7-18(21)23(20-11-13-29-25(27)30-20)24(31)16-9-10-22(19(26)14-16)32-15-17-6-4-5-12-28-17;/h2-14H,15H2,1H3;1H. The van der Waals surface area contributed by atoms with Crippen LogP contribution in [0.2, 0.25) is 10.3 Å². The van der Waals surface area contributed by atoms with Crippen molar-refractivity contribution in [3.63, 3.8) is 0 Å². The predicted octanol–water partition coefficient (Wildman–Crippen LogP) is 6.83. The summed E-state index contributed by atoms with van der Waals surface area (Å²) in [4.78, 5) is 12.8. The van der Waals surface area contributed by atoms with Crippen molar-refractivity contribution < 1.29 is 6.16 Å². The Balaban J connectivity index is 0.00000259. The van der Waals surface area contributed by atoms with Crippen LogP contribution in [-0.4, -0.2) is 19.5 Å². The molecule has 0 unspecified atom stereocenters. The molecule has 7 heteroatoms. The Hall–Kier alpha value is -3.41. The van der Waals surface area contributed by atoms with Gasteiger partial charge in [-0.05, 0) is 54.1 Å². The smallest absolute Gasteiger partial charge is 0.222 e. The van der Waals surface area contributed by atoms with Crippen LogP contribution in [0.4, 0.5) is 0 Å². The first-order valence-electron chi connectivity index (χ1n) is 10.0. The first-order valence-corrected chi connectivity index (χ1v) is 10.8. The highest BCUT2D eigenvalue weighted by molar-refractivity contribution is 6.32. The quantitative estimate of drug-likeness (QED) is 0.268. The highest BCUT2D eigenvalue weighted by Crippen LogP contribution is 2.41. The molecule has 0 amide bonds. The van der Waals surface area contributed by atoms with Crippen LogP contribution in [-0.2, 0) is 13.7 Å². The van der Waals surface area contributed by atoms with Gasteiger partial charge in [0.1, 0.15) is 12.4 Å². The van der Waals surface area contributed by atoms with Gasteiger partial charge in [-0.3, -0.25) is 4.98 Å². The summed E-state index contributed by atoms with van der Waals surface area (Å²) in [5.41, 5.74) is 5.58. The molecule has 3 aromatic heterocycles. The van der Waals surface area contributed by atoms with E-state index in [1.165, 1.54) is 0 Å². The van der Waals surface area contributed by atoms with E-state index in [2.05, 4.69) is 31.7 Å². The number of aromatic nitrogens is 4. The molecule has 0 aliphatic carbocycles. The van der Waals surface area contributed by atoms with Crippen molar-refractivity contribution in [1.82, 2.24) is 19.5 Å². The summed E-state index contributed by atoms with van der Waals surface area (Å²) in [5.74, 6) is 0.603. The summed E-state index contributed by atoms with van der Waals surface area (Å²) in [5, 5.41) is 1.81. The van der Waals surface area contributed by atoms with Crippen molar-refractivity contribution in [2.45, 2.75) is 6.61 Å². The average molecular weight is 463 g/mol. The molecule has 0 N–H and O–H groups in total. The number of benzene rings is 2. The van der Waals surface area contributed by atoms with Crippen LogP contribution in [0.25, 0.3) is 33.4 Å². The Morgan fingerprint density at radius 2 is 1.78 bits per heavy atom. The van der Waals surface area contributed by atoms with Gasteiger partial charge in [0.25, 0.3) is 0 Å². The predicted molar refractivity (Wildman–Crippen MR) is 130 cm³/mol. The molecule has 0 saturated carbocycles. The van der Waals surface area contributed by atoms with Crippen molar-refractivity contribution in [2.24, 2.45) is 7.05 Å². The van der Waals surface area contributed by atoms with Gasteiger partial charge in [-0.1, -0.05) is 35.9 Å². The van der Waals surface area contributed by atoms with Gasteiger partial charge in [0.15, 0.2) is 0 Å². The number of ether oxygens (including phenoxy) is 1. The molecule has 0 bridgehead atoms. The Bertz CT molecular complexity index is 1420. The monoisotopic (exact) mass is 462 g/mol. The Kier molecular flexibility index (Phi) is 5.52. The number of fused-ring (bicyclic) bond motifs is 1. The maximum Gasteiger partial charge on any atom is 0.222 e. The fraction of sp³-hybridized carbons (Fsp3) is 0.0800. The number of para-hydroxylation sites is 1. The number of hydrogen-bond donors (Lipinski definition) is 0. The molecule has 0 radical (unpaired) electrons. The highest BCUT2D eigenvalue weighted by atomic mass is 35.5. The first-order chi connectivity index (χ1) is 15.6. The van der Waals surface area contributed by atoms with Crippen molar-refractivity contribution >= 4 is 34.1 Å². The number of aryl methyl sites for hydroxylation is 1. The van der Waals surface area contributed by atoms with Gasteiger partial charge >= 0.3 is 0 Å². The Morgan fingerprint density at radius 3 is 2.56 bits per heavy atom. The van der Waals surface area contributed by atoms with Gasteiger partial charge in [-0.2, -0.15) is 0 Å². The minimum absolute atomic E-state index is 0. The van der Waals surface area contributed by atoms with E-state index in [-0.39, 0.29) is 6.71 Å². The van der Waals surface area contributed by atoms with Crippen LogP contribution in [0.3, 0.4) is 0 Å². The summed E-state index contributed by atoms with van der Waals surface area (Å²) in [6.45, 7) is 0.346. The topological polar surface area (TPSA) is 52.8 Å². The van der Waals surface area contributed by atoms with Crippen LogP contribution in [0.15, 0.2) is 79.1 Å². The van der Waals surface area contributed by atoms with Gasteiger partial charge in [0.2, 0.25) is 5.28 Å². The second-order valence-electron chi connectivity index (χ2n) is 7.27. The summed E-state index contributed by atoms with van der Waals surface area (Å²) < 4.78 is 8.03. The van der Waals surface area contributed by atoms with E-state index in [0.717, 1.165) is 39.1 Å². The molecule has 5 rings (SSSR count). The normalized spacial score (nSPS) is 11.1. The molecule has 0 fully saturated rings. The van der Waals surface area contributed by atoms with E-state index < -0.39 is 0 Å². The minimum atomic E-state index is 0. The van der Waals surface area contributed by atoms with E-state index in [1.54, 1.807) is 12.4 Å². The zero-order valence-electron chi connectivity index (χ0n) is 17.2. The number of rotatable bonds is 5. The van der Waals surface area contributed by atoms with E-state index in [4.69, 9.17) is 27.9 Å². The number of pyridine rings is 1. The maximum atomic E-state index is 6.62. The Labute approximate surface area is 196 Å². The minimum Gasteiger partial charge on any atom is -0.486 e. The molecule has 0 spiro atoms. The van der Waals surface area contributed by atoms with E-state index in [1.807, 2.05) is 61.6 Å². The molecule has 0 atom stereocenters. The van der Waals surface area contributed by atoms with E-state index in [9.17, 15) is 0 Å². The third-order valence-electron chi connectivity index (χ3n) is 5.30. The first kappa shape index (κ1) is 20.5. The second-order valence-corrected chi connectivity index (χ2v) is 8.01. The molecule has 0 aliphatic rings. The molecule has 32 heavy (non-hydrogen) atoms. The van der Waals surface area contributed by atoms with Crippen molar-refractivity contribution in [3.05, 3.63) is 95.1 Å². The fourth-order valence-corrected chi connectivity index (χ4v) is 4.25. The molecule has 0 aliphatic heterocycles. The summed E-state index contributed by atoms with van der Waals surface area (Å²) in [7, 11) is 2.03. The molecule has 5 nitrogen and oxygen atoms in total. The van der Waals surface area contributed by atoms with Crippen LogP contribution < -0.4 is 4.74 Å². The van der Waals surface area contributed by atoms with Crippen LogP contribution in [0.1, 0.15) is 7.12 Å². The lowest BCUT2D eigenvalue weighted by molar-refractivity contribution is 0.301. The van der Waals surface area contributed by atoms with Crippen molar-refractivity contribution in [3.8, 4) is 28.3 Å². The van der Waals surface area contributed by atoms with Gasteiger partial charge in [0.05, 0.1) is 22.1 Å². The summed E-state index contributed by atoms with van der Waals surface area (Å²) in [6, 6.07) is 21.6. The van der Waals surface area contributed by atoms with Crippen LogP contribution in [0.5, 0.6) is 5.75 Å². The van der Waals surface area contributed by atoms with E-state index in [0.29, 0.717) is 17.4 Å². The molecule has 0 saturated heterocycles. The SMILES string of the molecule is Cn1c(-c2ccc(OCc3ccccn3)c(Cl)c2)c(-c2ccnc(Cl)n2)c2ccccc21.[HH]. The zero-order valence-corrected chi connectivity index (χ0v) is 18.7. The van der Waals surface area contributed by atoms with Gasteiger partial charge in [-0.25, -0.2) is 9.97 Å². The van der Waals surface area contributed by atoms with Crippen molar-refractivity contribution in [2.75, 3.05) is 0 Å². The molecular weight excluding hydrogens is 443 g/mol. The summed E-state index contributed by atoms with van der Waals surface area (Å²) >= 11 is 12.7. The highest BCUT2D eigenvalue weighted by Gasteiger charge is 2.20. The van der Waals surface area contributed by atoms with Gasteiger partial charge < -0.3 is 9.30 Å². The second kappa shape index (κ2) is 8.61. The third-order valence-corrected chi connectivity index (χ3v) is 5.77. The molecule has 3 heterocycles. The Morgan fingerprint density at radius 1 is 0.938 bits per heavy atom. The summed E-state index contributed by atoms with van der Waals surface area (Å²) in [6.07, 6.45) is 3.40.